The Bertz CT molecular complexity index is 715. The maximum Gasteiger partial charge on any atom is 0.254 e. The highest BCUT2D eigenvalue weighted by molar-refractivity contribution is 6.30. The summed E-state index contributed by atoms with van der Waals surface area (Å²) in [6.07, 6.45) is 1.53. The van der Waals surface area contributed by atoms with E-state index in [9.17, 15) is 4.79 Å². The van der Waals surface area contributed by atoms with Gasteiger partial charge in [-0.2, -0.15) is 0 Å². The van der Waals surface area contributed by atoms with Gasteiger partial charge in [-0.05, 0) is 29.2 Å². The molecule has 2 heterocycles. The fourth-order valence-electron chi connectivity index (χ4n) is 2.58. The molecule has 0 unspecified atom stereocenters. The minimum absolute atomic E-state index is 0.0172. The largest absolute Gasteiger partial charge is 0.471 e. The van der Waals surface area contributed by atoms with Crippen molar-refractivity contribution in [1.82, 2.24) is 9.88 Å². The van der Waals surface area contributed by atoms with Crippen molar-refractivity contribution in [3.63, 3.8) is 0 Å². The van der Waals surface area contributed by atoms with Gasteiger partial charge in [-0.15, -0.1) is 0 Å². The smallest absolute Gasteiger partial charge is 0.254 e. The predicted molar refractivity (Wildman–Crippen MR) is 94.7 cm³/mol. The van der Waals surface area contributed by atoms with Crippen molar-refractivity contribution in [2.75, 3.05) is 13.1 Å². The summed E-state index contributed by atoms with van der Waals surface area (Å²) >= 11 is 5.80. The fraction of sp³-hybridized carbons (Fsp3) is 0.368. The number of carbonyl (C=O) groups excluding carboxylic acids is 1. The molecule has 1 fully saturated rings. The molecular weight excluding hydrogens is 324 g/mol. The van der Waals surface area contributed by atoms with Crippen molar-refractivity contribution in [2.24, 2.45) is 0 Å². The van der Waals surface area contributed by atoms with Crippen LogP contribution in [0.15, 0.2) is 42.6 Å². The second-order valence-corrected chi connectivity index (χ2v) is 7.53. The monoisotopic (exact) mass is 344 g/mol. The Labute approximate surface area is 147 Å². The maximum atomic E-state index is 12.5. The number of halogens is 1. The van der Waals surface area contributed by atoms with Crippen LogP contribution >= 0.6 is 11.6 Å². The quantitative estimate of drug-likeness (QED) is 0.847. The van der Waals surface area contributed by atoms with Crippen molar-refractivity contribution in [3.05, 3.63) is 58.7 Å². The van der Waals surface area contributed by atoms with Crippen LogP contribution in [0.2, 0.25) is 5.02 Å². The number of ether oxygens (including phenoxy) is 1. The molecule has 3 rings (SSSR count). The molecule has 0 saturated carbocycles. The SMILES string of the molecule is CC(C)(C)c1ccc(C(=O)N2CC(Oc3ccc(Cl)cn3)C2)cc1. The lowest BCUT2D eigenvalue weighted by molar-refractivity contribution is 0.0160. The molecule has 0 atom stereocenters. The van der Waals surface area contributed by atoms with E-state index in [-0.39, 0.29) is 17.4 Å². The average molecular weight is 345 g/mol. The van der Waals surface area contributed by atoms with E-state index in [0.717, 1.165) is 0 Å². The van der Waals surface area contributed by atoms with Crippen molar-refractivity contribution < 1.29 is 9.53 Å². The summed E-state index contributed by atoms with van der Waals surface area (Å²) in [6.45, 7) is 7.62. The highest BCUT2D eigenvalue weighted by Gasteiger charge is 2.33. The average Bonchev–Trinajstić information content (AvgIpc) is 2.51. The van der Waals surface area contributed by atoms with Crippen LogP contribution < -0.4 is 4.74 Å². The number of likely N-dealkylation sites (tertiary alicyclic amines) is 1. The van der Waals surface area contributed by atoms with E-state index in [1.807, 2.05) is 24.3 Å². The maximum absolute atomic E-state index is 12.5. The molecule has 1 saturated heterocycles. The number of amides is 1. The number of benzene rings is 1. The molecule has 1 aromatic carbocycles. The van der Waals surface area contributed by atoms with Crippen LogP contribution in [0.25, 0.3) is 0 Å². The summed E-state index contributed by atoms with van der Waals surface area (Å²) < 4.78 is 5.72. The number of hydrogen-bond acceptors (Lipinski definition) is 3. The molecule has 126 valence electrons. The summed E-state index contributed by atoms with van der Waals surface area (Å²) in [4.78, 5) is 18.4. The van der Waals surface area contributed by atoms with E-state index < -0.39 is 0 Å². The first-order valence-corrected chi connectivity index (χ1v) is 8.39. The van der Waals surface area contributed by atoms with Crippen LogP contribution in [-0.2, 0) is 5.41 Å². The molecule has 1 aliphatic heterocycles. The third-order valence-electron chi connectivity index (χ3n) is 4.12. The number of rotatable bonds is 3. The van der Waals surface area contributed by atoms with Crippen molar-refractivity contribution in [3.8, 4) is 5.88 Å². The molecular formula is C19H21ClN2O2. The van der Waals surface area contributed by atoms with Gasteiger partial charge in [-0.1, -0.05) is 44.5 Å². The van der Waals surface area contributed by atoms with Crippen LogP contribution in [0.3, 0.4) is 0 Å². The molecule has 24 heavy (non-hydrogen) atoms. The van der Waals surface area contributed by atoms with Crippen LogP contribution in [-0.4, -0.2) is 35.0 Å². The first-order chi connectivity index (χ1) is 11.3. The minimum Gasteiger partial charge on any atom is -0.471 e. The first-order valence-electron chi connectivity index (χ1n) is 8.01. The lowest BCUT2D eigenvalue weighted by Crippen LogP contribution is -2.56. The van der Waals surface area contributed by atoms with Gasteiger partial charge in [0.05, 0.1) is 18.1 Å². The Kier molecular flexibility index (Phi) is 4.50. The van der Waals surface area contributed by atoms with Crippen molar-refractivity contribution in [2.45, 2.75) is 32.3 Å². The van der Waals surface area contributed by atoms with Crippen LogP contribution in [0.5, 0.6) is 5.88 Å². The van der Waals surface area contributed by atoms with E-state index in [1.165, 1.54) is 5.56 Å². The van der Waals surface area contributed by atoms with Crippen LogP contribution in [0.4, 0.5) is 0 Å². The third-order valence-corrected chi connectivity index (χ3v) is 4.34. The lowest BCUT2D eigenvalue weighted by Gasteiger charge is -2.38. The Morgan fingerprint density at radius 2 is 1.83 bits per heavy atom. The summed E-state index contributed by atoms with van der Waals surface area (Å²) in [5.41, 5.74) is 2.02. The molecule has 1 amide bonds. The zero-order chi connectivity index (χ0) is 17.3. The van der Waals surface area contributed by atoms with Gasteiger partial charge in [-0.3, -0.25) is 4.79 Å². The van der Waals surface area contributed by atoms with Crippen molar-refractivity contribution >= 4 is 17.5 Å². The van der Waals surface area contributed by atoms with Gasteiger partial charge in [0.15, 0.2) is 0 Å². The number of pyridine rings is 1. The molecule has 0 aliphatic carbocycles. The van der Waals surface area contributed by atoms with E-state index in [0.29, 0.717) is 29.6 Å². The third kappa shape index (κ3) is 3.70. The Morgan fingerprint density at radius 3 is 2.38 bits per heavy atom. The fourth-order valence-corrected chi connectivity index (χ4v) is 2.69. The lowest BCUT2D eigenvalue weighted by atomic mass is 9.86. The van der Waals surface area contributed by atoms with Gasteiger partial charge in [0.1, 0.15) is 6.10 Å². The number of aromatic nitrogens is 1. The predicted octanol–water partition coefficient (Wildman–Crippen LogP) is 3.94. The Morgan fingerprint density at radius 1 is 1.17 bits per heavy atom. The molecule has 0 bridgehead atoms. The standard InChI is InChI=1S/C19H21ClN2O2/c1-19(2,3)14-6-4-13(5-7-14)18(23)22-11-16(12-22)24-17-9-8-15(20)10-21-17/h4-10,16H,11-12H2,1-3H3. The molecule has 0 N–H and O–H groups in total. The highest BCUT2D eigenvalue weighted by atomic mass is 35.5. The topological polar surface area (TPSA) is 42.4 Å². The molecule has 4 nitrogen and oxygen atoms in total. The summed E-state index contributed by atoms with van der Waals surface area (Å²) in [5.74, 6) is 0.574. The van der Waals surface area contributed by atoms with E-state index in [1.54, 1.807) is 23.2 Å². The van der Waals surface area contributed by atoms with E-state index >= 15 is 0 Å². The van der Waals surface area contributed by atoms with E-state index in [4.69, 9.17) is 16.3 Å². The minimum atomic E-state index is -0.0172. The summed E-state index contributed by atoms with van der Waals surface area (Å²) in [7, 11) is 0. The summed E-state index contributed by atoms with van der Waals surface area (Å²) in [5, 5.41) is 0.575. The molecule has 2 aromatic rings. The summed E-state index contributed by atoms with van der Waals surface area (Å²) in [6, 6.07) is 11.3. The molecule has 0 spiro atoms. The van der Waals surface area contributed by atoms with Crippen molar-refractivity contribution in [1.29, 1.82) is 0 Å². The number of hydrogen-bond donors (Lipinski definition) is 0. The van der Waals surface area contributed by atoms with E-state index in [2.05, 4.69) is 25.8 Å². The van der Waals surface area contributed by atoms with Gasteiger partial charge >= 0.3 is 0 Å². The van der Waals surface area contributed by atoms with Gasteiger partial charge in [0, 0.05) is 17.8 Å². The molecule has 1 aromatic heterocycles. The highest BCUT2D eigenvalue weighted by Crippen LogP contribution is 2.24. The van der Waals surface area contributed by atoms with Gasteiger partial charge in [0.25, 0.3) is 5.91 Å². The van der Waals surface area contributed by atoms with Gasteiger partial charge in [-0.25, -0.2) is 4.98 Å². The Hall–Kier alpha value is -2.07. The Balaban J connectivity index is 1.55. The second-order valence-electron chi connectivity index (χ2n) is 7.09. The first kappa shape index (κ1) is 16.8. The van der Waals surface area contributed by atoms with Crippen LogP contribution in [0.1, 0.15) is 36.7 Å². The molecule has 0 radical (unpaired) electrons. The van der Waals surface area contributed by atoms with Gasteiger partial charge < -0.3 is 9.64 Å². The normalized spacial score (nSPS) is 15.1. The zero-order valence-electron chi connectivity index (χ0n) is 14.1. The zero-order valence-corrected chi connectivity index (χ0v) is 14.9. The van der Waals surface area contributed by atoms with Gasteiger partial charge in [0.2, 0.25) is 5.88 Å². The van der Waals surface area contributed by atoms with Crippen LogP contribution in [0, 0.1) is 0 Å². The number of nitrogens with zero attached hydrogens (tertiary/aromatic N) is 2. The molecule has 5 heteroatoms. The second kappa shape index (κ2) is 6.44. The molecule has 1 aliphatic rings. The number of carbonyl (C=O) groups is 1.